The van der Waals surface area contributed by atoms with E-state index in [-0.39, 0.29) is 23.7 Å². The number of nitrogens with zero attached hydrogens (tertiary/aromatic N) is 1. The first-order valence-corrected chi connectivity index (χ1v) is 7.28. The van der Waals surface area contributed by atoms with Crippen LogP contribution in [0.3, 0.4) is 0 Å². The predicted octanol–water partition coefficient (Wildman–Crippen LogP) is 2.82. The highest BCUT2D eigenvalue weighted by atomic mass is 19.1. The molecule has 1 amide bonds. The second-order valence-corrected chi connectivity index (χ2v) is 6.29. The van der Waals surface area contributed by atoms with Crippen LogP contribution in [-0.2, 0) is 0 Å². The lowest BCUT2D eigenvalue weighted by Crippen LogP contribution is -2.34. The van der Waals surface area contributed by atoms with E-state index in [1.165, 1.54) is 12.1 Å². The van der Waals surface area contributed by atoms with Crippen LogP contribution in [0.1, 0.15) is 36.3 Å². The minimum absolute atomic E-state index is 0.0828. The maximum absolute atomic E-state index is 13.3. The molecule has 0 spiro atoms. The van der Waals surface area contributed by atoms with Gasteiger partial charge in [0.15, 0.2) is 0 Å². The molecule has 4 nitrogen and oxygen atoms in total. The van der Waals surface area contributed by atoms with E-state index in [4.69, 9.17) is 5.11 Å². The van der Waals surface area contributed by atoms with Gasteiger partial charge in [0.05, 0.1) is 11.1 Å². The maximum atomic E-state index is 13.3. The van der Waals surface area contributed by atoms with Crippen LogP contribution in [0.25, 0.3) is 10.9 Å². The Bertz CT molecular complexity index is 693. The van der Waals surface area contributed by atoms with E-state index in [0.29, 0.717) is 35.1 Å². The van der Waals surface area contributed by atoms with Crippen LogP contribution in [0.5, 0.6) is 0 Å². The highest BCUT2D eigenvalue weighted by molar-refractivity contribution is 6.06. The number of hydrogen-bond acceptors (Lipinski definition) is 3. The Kier molecular flexibility index (Phi) is 4.76. The molecule has 0 aliphatic carbocycles. The first-order valence-electron chi connectivity index (χ1n) is 7.28. The highest BCUT2D eigenvalue weighted by Gasteiger charge is 2.20. The van der Waals surface area contributed by atoms with Gasteiger partial charge in [-0.1, -0.05) is 13.8 Å². The molecule has 0 saturated heterocycles. The number of aryl methyl sites for hydroxylation is 1. The molecule has 0 aliphatic heterocycles. The largest absolute Gasteiger partial charge is 0.396 e. The zero-order valence-electron chi connectivity index (χ0n) is 13.1. The summed E-state index contributed by atoms with van der Waals surface area (Å²) in [6.45, 7) is 6.27. The average molecular weight is 304 g/mol. The van der Waals surface area contributed by atoms with Gasteiger partial charge in [0, 0.05) is 30.3 Å². The molecule has 5 heteroatoms. The Hall–Kier alpha value is -2.01. The number of hydrogen-bond donors (Lipinski definition) is 2. The molecule has 0 atom stereocenters. The molecule has 2 N–H and O–H groups in total. The summed E-state index contributed by atoms with van der Waals surface area (Å²) in [5.41, 5.74) is 1.44. The summed E-state index contributed by atoms with van der Waals surface area (Å²) in [5.74, 6) is -0.589. The monoisotopic (exact) mass is 304 g/mol. The van der Waals surface area contributed by atoms with E-state index >= 15 is 0 Å². The normalized spacial score (nSPS) is 11.7. The fraction of sp³-hybridized carbons (Fsp3) is 0.412. The van der Waals surface area contributed by atoms with Crippen LogP contribution in [-0.4, -0.2) is 29.1 Å². The quantitative estimate of drug-likeness (QED) is 0.893. The van der Waals surface area contributed by atoms with Gasteiger partial charge in [-0.15, -0.1) is 0 Å². The van der Waals surface area contributed by atoms with Crippen molar-refractivity contribution in [3.8, 4) is 0 Å². The number of amides is 1. The molecule has 22 heavy (non-hydrogen) atoms. The van der Waals surface area contributed by atoms with Crippen molar-refractivity contribution in [1.29, 1.82) is 0 Å². The third-order valence-corrected chi connectivity index (χ3v) is 3.66. The number of nitrogens with one attached hydrogen (secondary N) is 1. The third kappa shape index (κ3) is 3.80. The predicted molar refractivity (Wildman–Crippen MR) is 84.3 cm³/mol. The van der Waals surface area contributed by atoms with Crippen molar-refractivity contribution in [2.24, 2.45) is 5.41 Å². The number of carbonyl (C=O) groups excluding carboxylic acids is 1. The van der Waals surface area contributed by atoms with Gasteiger partial charge in [0.25, 0.3) is 5.91 Å². The Labute approximate surface area is 129 Å². The number of aliphatic hydroxyl groups is 1. The molecule has 0 radical (unpaired) electrons. The first kappa shape index (κ1) is 16.4. The Morgan fingerprint density at radius 1 is 1.36 bits per heavy atom. The van der Waals surface area contributed by atoms with Crippen molar-refractivity contribution < 1.29 is 14.3 Å². The number of fused-ring (bicyclic) bond motifs is 1. The standard InChI is InChI=1S/C17H21FN2O2/c1-11-8-14(13-5-4-12(18)9-15(13)20-11)16(22)19-10-17(2,3)6-7-21/h4-5,8-9,21H,6-7,10H2,1-3H3,(H,19,22). The van der Waals surface area contributed by atoms with Gasteiger partial charge in [-0.25, -0.2) is 4.39 Å². The Morgan fingerprint density at radius 3 is 2.77 bits per heavy atom. The van der Waals surface area contributed by atoms with E-state index in [1.807, 2.05) is 13.8 Å². The number of halogens is 1. The fourth-order valence-corrected chi connectivity index (χ4v) is 2.33. The molecule has 0 saturated carbocycles. The van der Waals surface area contributed by atoms with Crippen LogP contribution in [0, 0.1) is 18.2 Å². The van der Waals surface area contributed by atoms with Crippen molar-refractivity contribution in [3.63, 3.8) is 0 Å². The van der Waals surface area contributed by atoms with Crippen molar-refractivity contribution in [2.75, 3.05) is 13.2 Å². The number of pyridine rings is 1. The molecule has 1 heterocycles. The lowest BCUT2D eigenvalue weighted by Gasteiger charge is -2.24. The summed E-state index contributed by atoms with van der Waals surface area (Å²) in [6, 6.07) is 5.93. The van der Waals surface area contributed by atoms with Crippen molar-refractivity contribution >= 4 is 16.8 Å². The number of rotatable bonds is 5. The van der Waals surface area contributed by atoms with Crippen LogP contribution in [0.4, 0.5) is 4.39 Å². The van der Waals surface area contributed by atoms with Crippen LogP contribution >= 0.6 is 0 Å². The summed E-state index contributed by atoms with van der Waals surface area (Å²) < 4.78 is 13.3. The molecule has 1 aromatic heterocycles. The Morgan fingerprint density at radius 2 is 2.09 bits per heavy atom. The average Bonchev–Trinajstić information content (AvgIpc) is 2.43. The maximum Gasteiger partial charge on any atom is 0.252 e. The fourth-order valence-electron chi connectivity index (χ4n) is 2.33. The SMILES string of the molecule is Cc1cc(C(=O)NCC(C)(C)CCO)c2ccc(F)cc2n1. The number of benzene rings is 1. The van der Waals surface area contributed by atoms with Gasteiger partial charge in [-0.05, 0) is 37.0 Å². The zero-order valence-corrected chi connectivity index (χ0v) is 13.1. The molecule has 0 bridgehead atoms. The van der Waals surface area contributed by atoms with E-state index in [1.54, 1.807) is 19.1 Å². The molecule has 2 aromatic rings. The summed E-state index contributed by atoms with van der Waals surface area (Å²) in [7, 11) is 0. The van der Waals surface area contributed by atoms with E-state index < -0.39 is 0 Å². The Balaban J connectivity index is 2.28. The second kappa shape index (κ2) is 6.40. The van der Waals surface area contributed by atoms with Gasteiger partial charge in [-0.3, -0.25) is 9.78 Å². The van der Waals surface area contributed by atoms with Gasteiger partial charge in [0.2, 0.25) is 0 Å². The summed E-state index contributed by atoms with van der Waals surface area (Å²) in [4.78, 5) is 16.7. The molecular formula is C17H21FN2O2. The molecule has 118 valence electrons. The van der Waals surface area contributed by atoms with Gasteiger partial charge in [-0.2, -0.15) is 0 Å². The van der Waals surface area contributed by atoms with Crippen molar-refractivity contribution in [1.82, 2.24) is 10.3 Å². The van der Waals surface area contributed by atoms with E-state index in [2.05, 4.69) is 10.3 Å². The minimum Gasteiger partial charge on any atom is -0.396 e. The molecule has 0 fully saturated rings. The molecule has 1 aromatic carbocycles. The lowest BCUT2D eigenvalue weighted by molar-refractivity contribution is 0.0929. The first-order chi connectivity index (χ1) is 10.3. The van der Waals surface area contributed by atoms with Gasteiger partial charge < -0.3 is 10.4 Å². The zero-order chi connectivity index (χ0) is 16.3. The number of carbonyl (C=O) groups is 1. The molecule has 0 unspecified atom stereocenters. The van der Waals surface area contributed by atoms with Crippen molar-refractivity contribution in [3.05, 3.63) is 41.3 Å². The highest BCUT2D eigenvalue weighted by Crippen LogP contribution is 2.21. The van der Waals surface area contributed by atoms with E-state index in [0.717, 1.165) is 0 Å². The lowest BCUT2D eigenvalue weighted by atomic mass is 9.89. The smallest absolute Gasteiger partial charge is 0.252 e. The van der Waals surface area contributed by atoms with Crippen molar-refractivity contribution in [2.45, 2.75) is 27.2 Å². The molecular weight excluding hydrogens is 283 g/mol. The van der Waals surface area contributed by atoms with E-state index in [9.17, 15) is 9.18 Å². The van der Waals surface area contributed by atoms with Crippen LogP contribution in [0.15, 0.2) is 24.3 Å². The topological polar surface area (TPSA) is 62.2 Å². The van der Waals surface area contributed by atoms with Gasteiger partial charge >= 0.3 is 0 Å². The summed E-state index contributed by atoms with van der Waals surface area (Å²) in [5, 5.41) is 12.5. The third-order valence-electron chi connectivity index (χ3n) is 3.66. The minimum atomic E-state index is -0.374. The van der Waals surface area contributed by atoms with Gasteiger partial charge in [0.1, 0.15) is 5.82 Å². The summed E-state index contributed by atoms with van der Waals surface area (Å²) in [6.07, 6.45) is 0.606. The summed E-state index contributed by atoms with van der Waals surface area (Å²) >= 11 is 0. The second-order valence-electron chi connectivity index (χ2n) is 6.29. The number of aliphatic hydroxyl groups excluding tert-OH is 1. The van der Waals surface area contributed by atoms with Crippen LogP contribution in [0.2, 0.25) is 0 Å². The molecule has 2 rings (SSSR count). The molecule has 0 aliphatic rings. The van der Waals surface area contributed by atoms with Crippen LogP contribution < -0.4 is 5.32 Å². The number of aromatic nitrogens is 1.